The second kappa shape index (κ2) is 9.05. The Bertz CT molecular complexity index is 903. The number of amidine groups is 1. The Balaban J connectivity index is 1.63. The van der Waals surface area contributed by atoms with E-state index in [9.17, 15) is 19.5 Å². The SMILES string of the molecule is N=C(N)C=CSC1=C(C(=O)O)N2C(=O)C(NC(=O)COc3ccccc3)[C@H]2SC1. The van der Waals surface area contributed by atoms with Crippen molar-refractivity contribution in [3.63, 3.8) is 0 Å². The monoisotopic (exact) mass is 434 g/mol. The molecule has 1 unspecified atom stereocenters. The third-order valence-electron chi connectivity index (χ3n) is 4.02. The number of fused-ring (bicyclic) bond motifs is 1. The fraction of sp³-hybridized carbons (Fsp3) is 0.222. The van der Waals surface area contributed by atoms with Crippen LogP contribution in [-0.4, -0.2) is 57.4 Å². The summed E-state index contributed by atoms with van der Waals surface area (Å²) >= 11 is 2.46. The van der Waals surface area contributed by atoms with Crippen LogP contribution in [-0.2, 0) is 14.4 Å². The van der Waals surface area contributed by atoms with Gasteiger partial charge in [-0.1, -0.05) is 30.0 Å². The van der Waals surface area contributed by atoms with Crippen LogP contribution in [0.1, 0.15) is 0 Å². The van der Waals surface area contributed by atoms with Crippen LogP contribution in [0.5, 0.6) is 5.75 Å². The van der Waals surface area contributed by atoms with Crippen LogP contribution in [0, 0.1) is 5.41 Å². The highest BCUT2D eigenvalue weighted by Gasteiger charge is 2.54. The van der Waals surface area contributed by atoms with E-state index >= 15 is 0 Å². The second-order valence-electron chi connectivity index (χ2n) is 6.01. The number of hydrogen-bond donors (Lipinski definition) is 4. The number of carbonyl (C=O) groups is 3. The first kappa shape index (κ1) is 20.8. The number of hydrogen-bond acceptors (Lipinski definition) is 7. The first-order valence-corrected chi connectivity index (χ1v) is 10.4. The van der Waals surface area contributed by atoms with E-state index in [0.29, 0.717) is 16.4 Å². The normalized spacial score (nSPS) is 20.8. The molecule has 1 aromatic carbocycles. The number of β-lactam (4-membered cyclic amide) rings is 1. The number of nitrogens with two attached hydrogens (primary N) is 1. The second-order valence-corrected chi connectivity index (χ2v) is 8.12. The molecular weight excluding hydrogens is 416 g/mol. The zero-order valence-electron chi connectivity index (χ0n) is 15.0. The van der Waals surface area contributed by atoms with Crippen LogP contribution in [0.15, 0.2) is 52.4 Å². The predicted molar refractivity (Wildman–Crippen MR) is 110 cm³/mol. The fourth-order valence-electron chi connectivity index (χ4n) is 2.75. The molecule has 152 valence electrons. The van der Waals surface area contributed by atoms with Gasteiger partial charge in [-0.3, -0.25) is 19.9 Å². The number of benzene rings is 1. The van der Waals surface area contributed by atoms with Crippen molar-refractivity contribution in [1.29, 1.82) is 5.41 Å². The van der Waals surface area contributed by atoms with Gasteiger partial charge in [0.05, 0.1) is 0 Å². The maximum absolute atomic E-state index is 12.5. The van der Waals surface area contributed by atoms with Crippen LogP contribution < -0.4 is 15.8 Å². The molecule has 2 atom stereocenters. The molecule has 0 bridgehead atoms. The topological polar surface area (TPSA) is 146 Å². The Labute approximate surface area is 174 Å². The average Bonchev–Trinajstić information content (AvgIpc) is 2.70. The van der Waals surface area contributed by atoms with E-state index in [4.69, 9.17) is 15.9 Å². The van der Waals surface area contributed by atoms with Crippen molar-refractivity contribution in [2.24, 2.45) is 5.73 Å². The molecule has 1 saturated heterocycles. The van der Waals surface area contributed by atoms with Crippen molar-refractivity contribution in [3.05, 3.63) is 52.4 Å². The van der Waals surface area contributed by atoms with E-state index in [1.54, 1.807) is 24.3 Å². The summed E-state index contributed by atoms with van der Waals surface area (Å²) in [6.45, 7) is -0.246. The maximum Gasteiger partial charge on any atom is 0.353 e. The predicted octanol–water partition coefficient (Wildman–Crippen LogP) is 0.944. The lowest BCUT2D eigenvalue weighted by Gasteiger charge is -2.49. The molecule has 0 aliphatic carbocycles. The summed E-state index contributed by atoms with van der Waals surface area (Å²) in [6.07, 6.45) is 1.33. The highest BCUT2D eigenvalue weighted by molar-refractivity contribution is 8.08. The van der Waals surface area contributed by atoms with Crippen LogP contribution in [0.3, 0.4) is 0 Å². The minimum Gasteiger partial charge on any atom is -0.484 e. The summed E-state index contributed by atoms with van der Waals surface area (Å²) < 4.78 is 5.36. The number of amides is 2. The van der Waals surface area contributed by atoms with Crippen LogP contribution in [0.4, 0.5) is 0 Å². The third kappa shape index (κ3) is 4.74. The highest BCUT2D eigenvalue weighted by atomic mass is 32.2. The molecule has 0 aromatic heterocycles. The van der Waals surface area contributed by atoms with Crippen molar-refractivity contribution < 1.29 is 24.2 Å². The van der Waals surface area contributed by atoms with Gasteiger partial charge in [-0.25, -0.2) is 4.79 Å². The summed E-state index contributed by atoms with van der Waals surface area (Å²) in [5.74, 6) is -1.43. The smallest absolute Gasteiger partial charge is 0.353 e. The third-order valence-corrected chi connectivity index (χ3v) is 6.38. The molecule has 2 heterocycles. The molecule has 11 heteroatoms. The van der Waals surface area contributed by atoms with Gasteiger partial charge in [0.1, 0.15) is 28.7 Å². The van der Waals surface area contributed by atoms with Gasteiger partial charge in [0.25, 0.3) is 11.8 Å². The van der Waals surface area contributed by atoms with Gasteiger partial charge in [0.2, 0.25) is 0 Å². The van der Waals surface area contributed by atoms with Crippen LogP contribution >= 0.6 is 23.5 Å². The molecule has 2 amide bonds. The molecule has 3 rings (SSSR count). The summed E-state index contributed by atoms with van der Waals surface area (Å²) in [6, 6.07) is 8.00. The average molecular weight is 434 g/mol. The van der Waals surface area contributed by atoms with Gasteiger partial charge >= 0.3 is 5.97 Å². The Hall–Kier alpha value is -2.92. The van der Waals surface area contributed by atoms with Gasteiger partial charge in [-0.05, 0) is 23.6 Å². The highest BCUT2D eigenvalue weighted by Crippen LogP contribution is 2.43. The van der Waals surface area contributed by atoms with Crippen molar-refractivity contribution in [3.8, 4) is 5.75 Å². The number of nitrogens with zero attached hydrogens (tertiary/aromatic N) is 1. The van der Waals surface area contributed by atoms with E-state index in [2.05, 4.69) is 5.32 Å². The number of nitrogens with one attached hydrogen (secondary N) is 2. The standard InChI is InChI=1S/C18H18N4O5S2/c19-12(20)6-7-28-11-9-29-17-14(16(24)22(17)15(11)18(25)26)21-13(23)8-27-10-4-2-1-3-5-10/h1-7,14,17H,8-9H2,(H3,19,20)(H,21,23)(H,25,26)/t14?,17-/m1/s1. The molecule has 0 saturated carbocycles. The Morgan fingerprint density at radius 2 is 2.14 bits per heavy atom. The number of ether oxygens (including phenoxy) is 1. The van der Waals surface area contributed by atoms with Gasteiger partial charge in [0.15, 0.2) is 6.61 Å². The maximum atomic E-state index is 12.5. The molecule has 1 aromatic rings. The van der Waals surface area contributed by atoms with Crippen molar-refractivity contribution in [2.45, 2.75) is 11.4 Å². The van der Waals surface area contributed by atoms with Gasteiger partial charge in [-0.2, -0.15) is 0 Å². The Kier molecular flexibility index (Phi) is 6.49. The largest absolute Gasteiger partial charge is 0.484 e. The van der Waals surface area contributed by atoms with Crippen LogP contribution in [0.25, 0.3) is 0 Å². The van der Waals surface area contributed by atoms with Gasteiger partial charge < -0.3 is 20.9 Å². The van der Waals surface area contributed by atoms with Crippen molar-refractivity contribution in [2.75, 3.05) is 12.4 Å². The van der Waals surface area contributed by atoms with E-state index in [0.717, 1.165) is 11.8 Å². The van der Waals surface area contributed by atoms with E-state index in [1.165, 1.54) is 28.1 Å². The lowest BCUT2D eigenvalue weighted by molar-refractivity contribution is -0.150. The molecule has 2 aliphatic heterocycles. The van der Waals surface area contributed by atoms with E-state index in [-0.39, 0.29) is 18.1 Å². The van der Waals surface area contributed by atoms with E-state index < -0.39 is 29.2 Å². The first-order chi connectivity index (χ1) is 13.9. The summed E-state index contributed by atoms with van der Waals surface area (Å²) in [7, 11) is 0. The number of carbonyl (C=O) groups excluding carboxylic acids is 2. The molecule has 0 spiro atoms. The minimum atomic E-state index is -1.22. The lowest BCUT2D eigenvalue weighted by Crippen LogP contribution is -2.70. The van der Waals surface area contributed by atoms with Crippen molar-refractivity contribution >= 4 is 47.1 Å². The van der Waals surface area contributed by atoms with E-state index in [1.807, 2.05) is 6.07 Å². The molecule has 1 fully saturated rings. The quantitative estimate of drug-likeness (QED) is 0.269. The minimum absolute atomic E-state index is 0.108. The number of carboxylic acids is 1. The summed E-state index contributed by atoms with van der Waals surface area (Å²) in [5.41, 5.74) is 5.13. The van der Waals surface area contributed by atoms with Crippen molar-refractivity contribution in [1.82, 2.24) is 10.2 Å². The molecule has 5 N–H and O–H groups in total. The van der Waals surface area contributed by atoms with Gasteiger partial charge in [-0.15, -0.1) is 11.8 Å². The Morgan fingerprint density at radius 3 is 2.79 bits per heavy atom. The molecule has 2 aliphatic rings. The molecule has 9 nitrogen and oxygen atoms in total. The molecular formula is C18H18N4O5S2. The number of thioether (sulfide) groups is 2. The molecule has 0 radical (unpaired) electrons. The summed E-state index contributed by atoms with van der Waals surface area (Å²) in [4.78, 5) is 38.0. The zero-order valence-corrected chi connectivity index (χ0v) is 16.7. The fourth-order valence-corrected chi connectivity index (χ4v) is 5.10. The molecule has 29 heavy (non-hydrogen) atoms. The van der Waals surface area contributed by atoms with Gasteiger partial charge in [0, 0.05) is 10.7 Å². The first-order valence-electron chi connectivity index (χ1n) is 8.44. The number of para-hydroxylation sites is 1. The van der Waals surface area contributed by atoms with Crippen LogP contribution in [0.2, 0.25) is 0 Å². The number of carboxylic acid groups (broad SMARTS) is 1. The zero-order chi connectivity index (χ0) is 21.0. The Morgan fingerprint density at radius 1 is 1.41 bits per heavy atom. The lowest BCUT2D eigenvalue weighted by atomic mass is 10.1. The number of rotatable bonds is 8. The number of aliphatic carboxylic acids is 1. The summed E-state index contributed by atoms with van der Waals surface area (Å²) in [5, 5.41) is 20.4.